The van der Waals surface area contributed by atoms with Crippen LogP contribution in [0.4, 0.5) is 21.8 Å². The molecule has 5 heterocycles. The van der Waals surface area contributed by atoms with E-state index in [0.717, 1.165) is 38.9 Å². The van der Waals surface area contributed by atoms with Gasteiger partial charge in [-0.2, -0.15) is 4.98 Å². The number of aromatic amines is 1. The number of halogens is 1. The fraction of sp³-hybridized carbons (Fsp3) is 0.593. The molecule has 1 aromatic heterocycles. The Balaban J connectivity index is 1.24. The summed E-state index contributed by atoms with van der Waals surface area (Å²) in [6, 6.07) is 3.10. The van der Waals surface area contributed by atoms with E-state index >= 15 is 4.39 Å². The van der Waals surface area contributed by atoms with E-state index in [1.54, 1.807) is 18.0 Å². The Morgan fingerprint density at radius 3 is 2.65 bits per heavy atom. The predicted octanol–water partition coefficient (Wildman–Crippen LogP) is 2.50. The molecule has 1 amide bonds. The highest BCUT2D eigenvalue weighted by molar-refractivity contribution is 6.09. The van der Waals surface area contributed by atoms with Crippen molar-refractivity contribution < 1.29 is 13.9 Å². The Bertz CT molecular complexity index is 1260. The Hall–Kier alpha value is -3.14. The van der Waals surface area contributed by atoms with Gasteiger partial charge in [-0.15, -0.1) is 0 Å². The highest BCUT2D eigenvalue weighted by Gasteiger charge is 2.54. The van der Waals surface area contributed by atoms with Crippen molar-refractivity contribution in [3.63, 3.8) is 0 Å². The van der Waals surface area contributed by atoms with Crippen molar-refractivity contribution in [1.82, 2.24) is 14.9 Å². The molecule has 4 aliphatic rings. The highest BCUT2D eigenvalue weighted by Crippen LogP contribution is 2.52. The number of H-pyrrole nitrogens is 1. The van der Waals surface area contributed by atoms with Crippen LogP contribution in [0.25, 0.3) is 0 Å². The molecule has 1 aromatic carbocycles. The number of amides is 1. The second kappa shape index (κ2) is 9.31. The number of rotatable bonds is 4. The van der Waals surface area contributed by atoms with Crippen LogP contribution in [0.15, 0.2) is 16.9 Å². The molecule has 1 spiro atoms. The zero-order valence-electron chi connectivity index (χ0n) is 21.6. The van der Waals surface area contributed by atoms with Gasteiger partial charge in [0.15, 0.2) is 0 Å². The van der Waals surface area contributed by atoms with Crippen LogP contribution in [0.2, 0.25) is 0 Å². The lowest BCUT2D eigenvalue weighted by atomic mass is 9.73. The molecule has 2 N–H and O–H groups in total. The van der Waals surface area contributed by atoms with E-state index in [4.69, 9.17) is 4.74 Å². The maximum Gasteiger partial charge on any atom is 0.257 e. The van der Waals surface area contributed by atoms with Gasteiger partial charge in [-0.25, -0.2) is 4.39 Å². The Kier molecular flexibility index (Phi) is 6.09. The molecule has 4 aliphatic heterocycles. The first-order valence-corrected chi connectivity index (χ1v) is 13.4. The number of hydrogen-bond donors (Lipinski definition) is 2. The van der Waals surface area contributed by atoms with Crippen molar-refractivity contribution in [3.05, 3.63) is 39.4 Å². The van der Waals surface area contributed by atoms with E-state index in [9.17, 15) is 9.59 Å². The van der Waals surface area contributed by atoms with Crippen LogP contribution in [0.3, 0.4) is 0 Å². The Labute approximate surface area is 216 Å². The van der Waals surface area contributed by atoms with Gasteiger partial charge < -0.3 is 24.8 Å². The molecule has 2 saturated heterocycles. The van der Waals surface area contributed by atoms with E-state index in [1.807, 2.05) is 4.90 Å². The lowest BCUT2D eigenvalue weighted by molar-refractivity contribution is -0.123. The summed E-state index contributed by atoms with van der Waals surface area (Å²) in [6.45, 7) is 4.44. The van der Waals surface area contributed by atoms with Crippen LogP contribution in [-0.2, 0) is 16.6 Å². The predicted molar refractivity (Wildman–Crippen MR) is 140 cm³/mol. The van der Waals surface area contributed by atoms with Gasteiger partial charge in [0.05, 0.1) is 23.3 Å². The lowest BCUT2D eigenvalue weighted by Gasteiger charge is -2.38. The summed E-state index contributed by atoms with van der Waals surface area (Å²) in [7, 11) is 3.85. The summed E-state index contributed by atoms with van der Waals surface area (Å²) in [5.74, 6) is 1.73. The number of carbonyl (C=O) groups excluding carboxylic acids is 1. The van der Waals surface area contributed by atoms with E-state index < -0.39 is 5.41 Å². The fourth-order valence-corrected chi connectivity index (χ4v) is 6.47. The third kappa shape index (κ3) is 4.05. The molecule has 6 rings (SSSR count). The number of piperidine rings is 2. The molecule has 0 aliphatic carbocycles. The van der Waals surface area contributed by atoms with Gasteiger partial charge in [-0.1, -0.05) is 0 Å². The zero-order chi connectivity index (χ0) is 25.7. The fourth-order valence-electron chi connectivity index (χ4n) is 6.47. The molecule has 198 valence electrons. The van der Waals surface area contributed by atoms with Crippen molar-refractivity contribution in [1.29, 1.82) is 0 Å². The molecular formula is C27H35FN6O3. The number of likely N-dealkylation sites (N-methyl/N-ethyl adjacent to an activating group) is 1. The molecule has 10 heteroatoms. The van der Waals surface area contributed by atoms with Crippen LogP contribution in [0.5, 0.6) is 5.75 Å². The van der Waals surface area contributed by atoms with Crippen molar-refractivity contribution in [2.45, 2.75) is 43.9 Å². The molecule has 2 fully saturated rings. The molecule has 0 atom stereocenters. The number of nitrogens with one attached hydrogen (secondary N) is 2. The number of likely N-dealkylation sites (tertiary alicyclic amines) is 1. The van der Waals surface area contributed by atoms with Gasteiger partial charge in [-0.05, 0) is 76.7 Å². The monoisotopic (exact) mass is 510 g/mol. The molecule has 37 heavy (non-hydrogen) atoms. The summed E-state index contributed by atoms with van der Waals surface area (Å²) < 4.78 is 21.7. The van der Waals surface area contributed by atoms with Crippen molar-refractivity contribution in [3.8, 4) is 5.75 Å². The number of nitrogens with zero attached hydrogens (tertiary/aromatic N) is 4. The smallest absolute Gasteiger partial charge is 0.257 e. The summed E-state index contributed by atoms with van der Waals surface area (Å²) >= 11 is 0. The van der Waals surface area contributed by atoms with E-state index in [-0.39, 0.29) is 17.3 Å². The maximum atomic E-state index is 15.4. The van der Waals surface area contributed by atoms with Crippen LogP contribution in [-0.4, -0.2) is 74.2 Å². The van der Waals surface area contributed by atoms with Crippen LogP contribution < -0.4 is 25.4 Å². The quantitative estimate of drug-likeness (QED) is 0.653. The largest absolute Gasteiger partial charge is 0.491 e. The number of fused-ring (bicyclic) bond motifs is 3. The normalized spacial score (nSPS) is 21.6. The third-order valence-corrected chi connectivity index (χ3v) is 8.75. The summed E-state index contributed by atoms with van der Waals surface area (Å²) in [5, 5.41) is 3.22. The van der Waals surface area contributed by atoms with E-state index in [1.165, 1.54) is 6.07 Å². The molecule has 9 nitrogen and oxygen atoms in total. The van der Waals surface area contributed by atoms with Crippen LogP contribution in [0.1, 0.15) is 43.2 Å². The van der Waals surface area contributed by atoms with Crippen molar-refractivity contribution in [2.24, 2.45) is 5.92 Å². The zero-order valence-corrected chi connectivity index (χ0v) is 21.6. The van der Waals surface area contributed by atoms with Gasteiger partial charge in [-0.3, -0.25) is 14.6 Å². The van der Waals surface area contributed by atoms with Crippen molar-refractivity contribution >= 4 is 23.4 Å². The topological polar surface area (TPSA) is 93.8 Å². The molecule has 0 radical (unpaired) electrons. The number of ether oxygens (including phenoxy) is 1. The minimum Gasteiger partial charge on any atom is -0.491 e. The van der Waals surface area contributed by atoms with Crippen LogP contribution in [0, 0.1) is 11.7 Å². The lowest BCUT2D eigenvalue weighted by Crippen LogP contribution is -2.49. The van der Waals surface area contributed by atoms with Gasteiger partial charge in [0.25, 0.3) is 5.56 Å². The Morgan fingerprint density at radius 1 is 1.14 bits per heavy atom. The number of hydrogen-bond acceptors (Lipinski definition) is 7. The molecule has 2 aromatic rings. The number of aromatic nitrogens is 2. The molecule has 0 bridgehead atoms. The second-order valence-corrected chi connectivity index (χ2v) is 11.0. The van der Waals surface area contributed by atoms with Gasteiger partial charge in [0.2, 0.25) is 11.9 Å². The third-order valence-electron chi connectivity index (χ3n) is 8.75. The van der Waals surface area contributed by atoms with Crippen molar-refractivity contribution in [2.75, 3.05) is 68.5 Å². The summed E-state index contributed by atoms with van der Waals surface area (Å²) in [6.07, 6.45) is 4.64. The van der Waals surface area contributed by atoms with Crippen LogP contribution >= 0.6 is 0 Å². The minimum atomic E-state index is -0.940. The highest BCUT2D eigenvalue weighted by atomic mass is 19.1. The first-order valence-electron chi connectivity index (χ1n) is 13.4. The van der Waals surface area contributed by atoms with E-state index in [0.29, 0.717) is 79.2 Å². The van der Waals surface area contributed by atoms with Gasteiger partial charge in [0, 0.05) is 32.2 Å². The molecular weight excluding hydrogens is 475 g/mol. The summed E-state index contributed by atoms with van der Waals surface area (Å²) in [5.41, 5.74) is 0.654. The SMILES string of the molecule is CN1CCC(COc2ccc(F)c3c2N(C)C(=O)C32CCN(c3nc4c(c(=O)[nH]3)CCCN4)CC2)CC1. The number of benzene rings is 1. The number of anilines is 3. The first kappa shape index (κ1) is 24.2. The average molecular weight is 511 g/mol. The average Bonchev–Trinajstić information content (AvgIpc) is 3.12. The standard InChI is InChI=1S/C27H35FN6O3/c1-32-12-7-17(8-13-32)16-37-20-6-5-19(28)21-22(20)33(2)25(36)27(21)9-14-34(15-10-27)26-30-23-18(24(35)31-26)4-3-11-29-23/h5-6,17H,3-4,7-16H2,1-2H3,(H2,29,30,31,35). The first-order chi connectivity index (χ1) is 17.9. The van der Waals surface area contributed by atoms with E-state index in [2.05, 4.69) is 27.2 Å². The molecule has 0 unspecified atom stereocenters. The molecule has 0 saturated carbocycles. The number of carbonyl (C=O) groups is 1. The maximum absolute atomic E-state index is 15.4. The second-order valence-electron chi connectivity index (χ2n) is 11.0. The van der Waals surface area contributed by atoms with Gasteiger partial charge in [0.1, 0.15) is 17.4 Å². The minimum absolute atomic E-state index is 0.0926. The Morgan fingerprint density at radius 2 is 1.89 bits per heavy atom. The summed E-state index contributed by atoms with van der Waals surface area (Å²) in [4.78, 5) is 39.8. The van der Waals surface area contributed by atoms with Gasteiger partial charge >= 0.3 is 0 Å².